The van der Waals surface area contributed by atoms with Crippen LogP contribution in [-0.4, -0.2) is 31.0 Å². The Labute approximate surface area is 166 Å². The maximum atomic E-state index is 12.7. The van der Waals surface area contributed by atoms with Gasteiger partial charge in [0.05, 0.1) is 11.6 Å². The average molecular weight is 401 g/mol. The molecule has 0 saturated heterocycles. The number of rotatable bonds is 6. The molecule has 0 saturated carbocycles. The second kappa shape index (κ2) is 7.82. The number of amides is 1. The van der Waals surface area contributed by atoms with E-state index in [0.29, 0.717) is 51.4 Å². The summed E-state index contributed by atoms with van der Waals surface area (Å²) in [4.78, 5) is 12.7. The Morgan fingerprint density at radius 3 is 2.89 bits per heavy atom. The minimum Gasteiger partial charge on any atom is -0.492 e. The van der Waals surface area contributed by atoms with Crippen LogP contribution in [0.3, 0.4) is 0 Å². The van der Waals surface area contributed by atoms with Crippen molar-refractivity contribution in [2.24, 2.45) is 0 Å². The first-order chi connectivity index (χ1) is 13.6. The van der Waals surface area contributed by atoms with Crippen LogP contribution in [0.25, 0.3) is 11.3 Å². The molecule has 3 aromatic rings. The van der Waals surface area contributed by atoms with Crippen molar-refractivity contribution in [1.29, 1.82) is 0 Å². The van der Waals surface area contributed by atoms with Crippen molar-refractivity contribution in [3.63, 3.8) is 0 Å². The van der Waals surface area contributed by atoms with E-state index in [2.05, 4.69) is 10.5 Å². The maximum Gasteiger partial charge on any atom is 0.257 e. The molecule has 1 aliphatic heterocycles. The van der Waals surface area contributed by atoms with Crippen molar-refractivity contribution >= 4 is 17.5 Å². The Hall–Kier alpha value is -3.19. The molecule has 28 heavy (non-hydrogen) atoms. The fourth-order valence-corrected chi connectivity index (χ4v) is 3.09. The number of benzene rings is 2. The van der Waals surface area contributed by atoms with Crippen LogP contribution in [0.2, 0.25) is 5.02 Å². The fraction of sp³-hybridized carbons (Fsp3) is 0.200. The molecular formula is C20H17ClN2O5. The van der Waals surface area contributed by atoms with Crippen LogP contribution in [0.15, 0.2) is 47.0 Å². The van der Waals surface area contributed by atoms with E-state index in [1.807, 2.05) is 12.1 Å². The molecule has 2 aromatic carbocycles. The Kier molecular flexibility index (Phi) is 5.08. The summed E-state index contributed by atoms with van der Waals surface area (Å²) in [5, 5.41) is 7.31. The van der Waals surface area contributed by atoms with Gasteiger partial charge in [0.15, 0.2) is 11.5 Å². The standard InChI is InChI=1S/C20H17ClN2O5/c1-12-18(19(23-28-12)14-4-2-3-5-15(14)21)20(24)22-8-9-25-13-6-7-16-17(10-13)27-11-26-16/h2-7,10H,8-9,11H2,1H3,(H,22,24). The monoisotopic (exact) mass is 400 g/mol. The van der Waals surface area contributed by atoms with Crippen molar-refractivity contribution in [3.8, 4) is 28.5 Å². The summed E-state index contributed by atoms with van der Waals surface area (Å²) < 4.78 is 21.4. The fourth-order valence-electron chi connectivity index (χ4n) is 2.87. The molecule has 0 spiro atoms. The predicted octanol–water partition coefficient (Wildman–Crippen LogP) is 3.84. The van der Waals surface area contributed by atoms with E-state index in [0.717, 1.165) is 0 Å². The number of fused-ring (bicyclic) bond motifs is 1. The van der Waals surface area contributed by atoms with Crippen LogP contribution in [0.4, 0.5) is 0 Å². The molecule has 1 aromatic heterocycles. The Morgan fingerprint density at radius 1 is 1.21 bits per heavy atom. The first-order valence-corrected chi connectivity index (χ1v) is 9.03. The molecule has 1 aliphatic rings. The van der Waals surface area contributed by atoms with Crippen LogP contribution >= 0.6 is 11.6 Å². The van der Waals surface area contributed by atoms with Crippen molar-refractivity contribution in [2.45, 2.75) is 6.92 Å². The zero-order valence-corrected chi connectivity index (χ0v) is 15.8. The van der Waals surface area contributed by atoms with Gasteiger partial charge in [-0.2, -0.15) is 0 Å². The van der Waals surface area contributed by atoms with Crippen molar-refractivity contribution in [2.75, 3.05) is 19.9 Å². The summed E-state index contributed by atoms with van der Waals surface area (Å²) in [5.74, 6) is 2.09. The normalized spacial score (nSPS) is 12.1. The Balaban J connectivity index is 1.38. The zero-order valence-electron chi connectivity index (χ0n) is 15.0. The van der Waals surface area contributed by atoms with Crippen molar-refractivity contribution in [1.82, 2.24) is 10.5 Å². The molecule has 2 heterocycles. The molecule has 1 amide bonds. The summed E-state index contributed by atoms with van der Waals surface area (Å²) in [6.45, 7) is 2.49. The van der Waals surface area contributed by atoms with Crippen LogP contribution in [0.1, 0.15) is 16.1 Å². The smallest absolute Gasteiger partial charge is 0.257 e. The van der Waals surface area contributed by atoms with Crippen LogP contribution < -0.4 is 19.5 Å². The molecule has 0 radical (unpaired) electrons. The zero-order chi connectivity index (χ0) is 19.5. The van der Waals surface area contributed by atoms with Gasteiger partial charge in [0.25, 0.3) is 5.91 Å². The highest BCUT2D eigenvalue weighted by Crippen LogP contribution is 2.35. The number of hydrogen-bond acceptors (Lipinski definition) is 6. The van der Waals surface area contributed by atoms with Crippen molar-refractivity contribution < 1.29 is 23.5 Å². The third-order valence-corrected chi connectivity index (χ3v) is 4.55. The lowest BCUT2D eigenvalue weighted by molar-refractivity contribution is 0.0946. The van der Waals surface area contributed by atoms with Gasteiger partial charge in [0, 0.05) is 11.6 Å². The van der Waals surface area contributed by atoms with E-state index < -0.39 is 0 Å². The molecule has 0 bridgehead atoms. The minimum absolute atomic E-state index is 0.209. The van der Waals surface area contributed by atoms with E-state index in [1.165, 1.54) is 0 Å². The second-order valence-corrected chi connectivity index (χ2v) is 6.47. The first kappa shape index (κ1) is 18.2. The van der Waals surface area contributed by atoms with Crippen LogP contribution in [-0.2, 0) is 0 Å². The molecule has 4 rings (SSSR count). The van der Waals surface area contributed by atoms with Gasteiger partial charge < -0.3 is 24.1 Å². The number of aryl methyl sites for hydroxylation is 1. The molecule has 1 N–H and O–H groups in total. The number of halogens is 1. The largest absolute Gasteiger partial charge is 0.492 e. The third kappa shape index (κ3) is 3.61. The molecule has 8 heteroatoms. The molecule has 0 unspecified atom stereocenters. The molecule has 0 atom stereocenters. The van der Waals surface area contributed by atoms with Crippen LogP contribution in [0.5, 0.6) is 17.2 Å². The van der Waals surface area contributed by atoms with Gasteiger partial charge in [-0.25, -0.2) is 0 Å². The Morgan fingerprint density at radius 2 is 2.04 bits per heavy atom. The van der Waals surface area contributed by atoms with Crippen LogP contribution in [0, 0.1) is 6.92 Å². The van der Waals surface area contributed by atoms with E-state index in [1.54, 1.807) is 37.3 Å². The van der Waals surface area contributed by atoms with Gasteiger partial charge in [0.1, 0.15) is 29.4 Å². The van der Waals surface area contributed by atoms with Gasteiger partial charge in [-0.3, -0.25) is 4.79 Å². The van der Waals surface area contributed by atoms with Gasteiger partial charge in [-0.1, -0.05) is 35.0 Å². The number of aromatic nitrogens is 1. The highest BCUT2D eigenvalue weighted by atomic mass is 35.5. The number of hydrogen-bond donors (Lipinski definition) is 1. The van der Waals surface area contributed by atoms with E-state index >= 15 is 0 Å². The van der Waals surface area contributed by atoms with E-state index in [-0.39, 0.29) is 19.3 Å². The summed E-state index contributed by atoms with van der Waals surface area (Å²) >= 11 is 6.23. The first-order valence-electron chi connectivity index (χ1n) is 8.65. The SMILES string of the molecule is Cc1onc(-c2ccccc2Cl)c1C(=O)NCCOc1ccc2c(c1)OCO2. The van der Waals surface area contributed by atoms with Gasteiger partial charge in [-0.15, -0.1) is 0 Å². The minimum atomic E-state index is -0.303. The average Bonchev–Trinajstić information content (AvgIpc) is 3.31. The summed E-state index contributed by atoms with van der Waals surface area (Å²) in [7, 11) is 0. The van der Waals surface area contributed by atoms with Crippen molar-refractivity contribution in [3.05, 3.63) is 58.8 Å². The van der Waals surface area contributed by atoms with Gasteiger partial charge in [-0.05, 0) is 25.1 Å². The molecule has 0 fully saturated rings. The lowest BCUT2D eigenvalue weighted by atomic mass is 10.1. The second-order valence-electron chi connectivity index (χ2n) is 6.06. The lowest BCUT2D eigenvalue weighted by Crippen LogP contribution is -2.28. The number of nitrogens with zero attached hydrogens (tertiary/aromatic N) is 1. The summed E-state index contributed by atoms with van der Waals surface area (Å²) in [5.41, 5.74) is 1.41. The lowest BCUT2D eigenvalue weighted by Gasteiger charge is -2.09. The molecule has 144 valence electrons. The third-order valence-electron chi connectivity index (χ3n) is 4.22. The number of carbonyl (C=O) groups is 1. The Bertz CT molecular complexity index is 1020. The maximum absolute atomic E-state index is 12.7. The number of nitrogens with one attached hydrogen (secondary N) is 1. The summed E-state index contributed by atoms with van der Waals surface area (Å²) in [6, 6.07) is 12.5. The summed E-state index contributed by atoms with van der Waals surface area (Å²) in [6.07, 6.45) is 0. The molecule has 7 nitrogen and oxygen atoms in total. The topological polar surface area (TPSA) is 82.8 Å². The molecular weight excluding hydrogens is 384 g/mol. The highest BCUT2D eigenvalue weighted by molar-refractivity contribution is 6.33. The predicted molar refractivity (Wildman–Crippen MR) is 102 cm³/mol. The number of carbonyl (C=O) groups excluding carboxylic acids is 1. The van der Waals surface area contributed by atoms with E-state index in [9.17, 15) is 4.79 Å². The highest BCUT2D eigenvalue weighted by Gasteiger charge is 2.22. The van der Waals surface area contributed by atoms with E-state index in [4.69, 9.17) is 30.3 Å². The van der Waals surface area contributed by atoms with Gasteiger partial charge in [0.2, 0.25) is 6.79 Å². The van der Waals surface area contributed by atoms with Gasteiger partial charge >= 0.3 is 0 Å². The molecule has 0 aliphatic carbocycles. The quantitative estimate of drug-likeness (QED) is 0.633. The number of ether oxygens (including phenoxy) is 3.